The van der Waals surface area contributed by atoms with E-state index in [1.807, 2.05) is 6.20 Å². The van der Waals surface area contributed by atoms with E-state index in [0.29, 0.717) is 6.54 Å². The van der Waals surface area contributed by atoms with Crippen molar-refractivity contribution in [1.29, 1.82) is 0 Å². The van der Waals surface area contributed by atoms with E-state index >= 15 is 0 Å². The molecule has 3 nitrogen and oxygen atoms in total. The van der Waals surface area contributed by atoms with Gasteiger partial charge in [-0.15, -0.1) is 0 Å². The summed E-state index contributed by atoms with van der Waals surface area (Å²) < 4.78 is 13.1. The number of nitrogens with zero attached hydrogens (tertiary/aromatic N) is 1. The van der Waals surface area contributed by atoms with Crippen LogP contribution in [0.5, 0.6) is 0 Å². The Morgan fingerprint density at radius 1 is 1.44 bits per heavy atom. The third-order valence-electron chi connectivity index (χ3n) is 2.89. The number of benzene rings is 1. The first kappa shape index (κ1) is 14.7. The molecule has 4 heteroatoms. The molecule has 0 bridgehead atoms. The largest absolute Gasteiger partial charge is 0.392 e. The average Bonchev–Trinajstić information content (AvgIpc) is 2.39. The number of aliphatic hydroxyl groups excluding tert-OH is 1. The molecule has 0 aliphatic heterocycles. The van der Waals surface area contributed by atoms with Crippen LogP contribution in [0.1, 0.15) is 18.1 Å². The highest BCUT2D eigenvalue weighted by Crippen LogP contribution is 2.11. The van der Waals surface area contributed by atoms with Crippen LogP contribution in [0.25, 0.3) is 0 Å². The molecular weight excluding hydrogens is 231 g/mol. The Bertz CT molecular complexity index is 382. The van der Waals surface area contributed by atoms with Gasteiger partial charge >= 0.3 is 0 Å². The summed E-state index contributed by atoms with van der Waals surface area (Å²) in [6.07, 6.45) is 1.81. The van der Waals surface area contributed by atoms with Crippen molar-refractivity contribution in [2.45, 2.75) is 20.1 Å². The van der Waals surface area contributed by atoms with Gasteiger partial charge in [0.2, 0.25) is 0 Å². The lowest BCUT2D eigenvalue weighted by Crippen LogP contribution is -2.28. The molecule has 0 unspecified atom stereocenters. The van der Waals surface area contributed by atoms with Crippen molar-refractivity contribution in [3.63, 3.8) is 0 Å². The van der Waals surface area contributed by atoms with Crippen molar-refractivity contribution in [1.82, 2.24) is 10.2 Å². The predicted octanol–water partition coefficient (Wildman–Crippen LogP) is 1.87. The van der Waals surface area contributed by atoms with Gasteiger partial charge in [0.15, 0.2) is 0 Å². The van der Waals surface area contributed by atoms with E-state index < -0.39 is 0 Å². The number of likely N-dealkylation sites (N-methyl/N-ethyl adjacent to an activating group) is 1. The van der Waals surface area contributed by atoms with Crippen molar-refractivity contribution in [3.05, 3.63) is 47.9 Å². The quantitative estimate of drug-likeness (QED) is 0.693. The topological polar surface area (TPSA) is 35.5 Å². The summed E-state index contributed by atoms with van der Waals surface area (Å²) in [6.45, 7) is 8.87. The number of rotatable bonds is 8. The van der Waals surface area contributed by atoms with Gasteiger partial charge in [-0.2, -0.15) is 0 Å². The Labute approximate surface area is 108 Å². The van der Waals surface area contributed by atoms with E-state index in [-0.39, 0.29) is 12.4 Å². The lowest BCUT2D eigenvalue weighted by molar-refractivity contribution is 0.280. The van der Waals surface area contributed by atoms with Crippen LogP contribution in [-0.2, 0) is 13.2 Å². The second kappa shape index (κ2) is 7.84. The summed E-state index contributed by atoms with van der Waals surface area (Å²) in [5.41, 5.74) is 1.57. The van der Waals surface area contributed by atoms with E-state index in [9.17, 15) is 4.39 Å². The van der Waals surface area contributed by atoms with E-state index in [1.54, 1.807) is 6.07 Å². The van der Waals surface area contributed by atoms with Crippen LogP contribution in [0, 0.1) is 5.82 Å². The van der Waals surface area contributed by atoms with Crippen LogP contribution >= 0.6 is 0 Å². The summed E-state index contributed by atoms with van der Waals surface area (Å²) in [5, 5.41) is 12.4. The summed E-state index contributed by atoms with van der Waals surface area (Å²) in [5.74, 6) is -0.273. The fourth-order valence-corrected chi connectivity index (χ4v) is 1.74. The Morgan fingerprint density at radius 2 is 2.22 bits per heavy atom. The van der Waals surface area contributed by atoms with E-state index in [1.165, 1.54) is 12.1 Å². The summed E-state index contributed by atoms with van der Waals surface area (Å²) in [7, 11) is 0. The molecule has 1 rings (SSSR count). The zero-order chi connectivity index (χ0) is 13.4. The maximum absolute atomic E-state index is 13.1. The number of aliphatic hydroxyl groups is 1. The second-order valence-corrected chi connectivity index (χ2v) is 4.06. The van der Waals surface area contributed by atoms with Gasteiger partial charge in [0, 0.05) is 26.2 Å². The fourth-order valence-electron chi connectivity index (χ4n) is 1.74. The van der Waals surface area contributed by atoms with Crippen LogP contribution in [0.3, 0.4) is 0 Å². The van der Waals surface area contributed by atoms with Gasteiger partial charge in [-0.25, -0.2) is 4.39 Å². The minimum atomic E-state index is -0.273. The van der Waals surface area contributed by atoms with Gasteiger partial charge in [0.25, 0.3) is 0 Å². The first-order valence-corrected chi connectivity index (χ1v) is 6.16. The van der Waals surface area contributed by atoms with E-state index in [0.717, 1.165) is 30.8 Å². The maximum Gasteiger partial charge on any atom is 0.123 e. The average molecular weight is 252 g/mol. The highest BCUT2D eigenvalue weighted by molar-refractivity contribution is 5.27. The molecule has 0 fully saturated rings. The van der Waals surface area contributed by atoms with Crippen molar-refractivity contribution in [2.75, 3.05) is 19.6 Å². The molecule has 1 aromatic rings. The van der Waals surface area contributed by atoms with Crippen LogP contribution < -0.4 is 5.32 Å². The molecule has 18 heavy (non-hydrogen) atoms. The molecule has 0 amide bonds. The first-order chi connectivity index (χ1) is 8.71. The van der Waals surface area contributed by atoms with Gasteiger partial charge in [0.1, 0.15) is 5.82 Å². The molecular formula is C14H21FN2O. The molecule has 0 saturated heterocycles. The first-order valence-electron chi connectivity index (χ1n) is 6.16. The predicted molar refractivity (Wildman–Crippen MR) is 71.5 cm³/mol. The summed E-state index contributed by atoms with van der Waals surface area (Å²) in [6, 6.07) is 4.45. The van der Waals surface area contributed by atoms with Crippen LogP contribution in [0.2, 0.25) is 0 Å². The number of nitrogens with one attached hydrogen (secondary N) is 1. The highest BCUT2D eigenvalue weighted by Gasteiger charge is 2.03. The second-order valence-electron chi connectivity index (χ2n) is 4.06. The third kappa shape index (κ3) is 4.47. The molecule has 2 N–H and O–H groups in total. The minimum absolute atomic E-state index is 0.0644. The number of halogens is 1. The van der Waals surface area contributed by atoms with Crippen LogP contribution in [0.4, 0.5) is 4.39 Å². The SMILES string of the molecule is C=CN(CC)CCNCc1cc(F)ccc1CO. The molecule has 0 radical (unpaired) electrons. The summed E-state index contributed by atoms with van der Waals surface area (Å²) >= 11 is 0. The van der Waals surface area contributed by atoms with Gasteiger partial charge in [-0.05, 0) is 36.4 Å². The molecule has 0 aliphatic carbocycles. The molecule has 0 spiro atoms. The van der Waals surface area contributed by atoms with Crippen LogP contribution in [-0.4, -0.2) is 29.6 Å². The lowest BCUT2D eigenvalue weighted by Gasteiger charge is -2.18. The van der Waals surface area contributed by atoms with Gasteiger partial charge < -0.3 is 15.3 Å². The van der Waals surface area contributed by atoms with Gasteiger partial charge in [-0.3, -0.25) is 0 Å². The lowest BCUT2D eigenvalue weighted by atomic mass is 10.1. The monoisotopic (exact) mass is 252 g/mol. The minimum Gasteiger partial charge on any atom is -0.392 e. The van der Waals surface area contributed by atoms with Gasteiger partial charge in [0.05, 0.1) is 6.61 Å². The molecule has 0 aliphatic rings. The van der Waals surface area contributed by atoms with E-state index in [4.69, 9.17) is 5.11 Å². The maximum atomic E-state index is 13.1. The zero-order valence-corrected chi connectivity index (χ0v) is 10.8. The molecule has 0 atom stereocenters. The molecule has 0 heterocycles. The van der Waals surface area contributed by atoms with Gasteiger partial charge in [-0.1, -0.05) is 12.6 Å². The summed E-state index contributed by atoms with van der Waals surface area (Å²) in [4.78, 5) is 2.09. The van der Waals surface area contributed by atoms with Crippen molar-refractivity contribution in [2.24, 2.45) is 0 Å². The Morgan fingerprint density at radius 3 is 2.83 bits per heavy atom. The smallest absolute Gasteiger partial charge is 0.123 e. The number of hydrogen-bond acceptors (Lipinski definition) is 3. The molecule has 1 aromatic carbocycles. The van der Waals surface area contributed by atoms with E-state index in [2.05, 4.69) is 23.7 Å². The Kier molecular flexibility index (Phi) is 6.39. The van der Waals surface area contributed by atoms with Crippen molar-refractivity contribution >= 4 is 0 Å². The van der Waals surface area contributed by atoms with Crippen molar-refractivity contribution in [3.8, 4) is 0 Å². The Balaban J connectivity index is 2.43. The van der Waals surface area contributed by atoms with Crippen molar-refractivity contribution < 1.29 is 9.50 Å². The fraction of sp³-hybridized carbons (Fsp3) is 0.429. The molecule has 100 valence electrons. The zero-order valence-electron chi connectivity index (χ0n) is 10.8. The third-order valence-corrected chi connectivity index (χ3v) is 2.89. The Hall–Kier alpha value is -1.39. The standard InChI is InChI=1S/C14H21FN2O/c1-3-17(4-2)8-7-16-10-13-9-14(15)6-5-12(13)11-18/h3,5-6,9,16,18H,1,4,7-8,10-11H2,2H3. The normalized spacial score (nSPS) is 10.4. The number of hydrogen-bond donors (Lipinski definition) is 2. The van der Waals surface area contributed by atoms with Crippen LogP contribution in [0.15, 0.2) is 31.0 Å². The highest BCUT2D eigenvalue weighted by atomic mass is 19.1. The molecule has 0 aromatic heterocycles. The molecule has 0 saturated carbocycles.